The molecule has 86 valence electrons. The molecule has 6 heteroatoms. The molecule has 0 radical (unpaired) electrons. The lowest BCUT2D eigenvalue weighted by Gasteiger charge is -2.33. The maximum atomic E-state index is 11.5. The van der Waals surface area contributed by atoms with Crippen molar-refractivity contribution >= 4 is 17.5 Å². The van der Waals surface area contributed by atoms with E-state index in [1.807, 2.05) is 6.07 Å². The number of carbonyl (C=O) groups is 2. The van der Waals surface area contributed by atoms with Gasteiger partial charge < -0.3 is 4.90 Å². The number of nitriles is 1. The number of piperazine rings is 1. The van der Waals surface area contributed by atoms with Gasteiger partial charge in [0.25, 0.3) is 0 Å². The first kappa shape index (κ1) is 11.1. The smallest absolute Gasteiger partial charge is 0.249 e. The molecular formula is C11H10N4O2. The monoisotopic (exact) mass is 230 g/mol. The number of hydrogen-bond acceptors (Lipinski definition) is 5. The van der Waals surface area contributed by atoms with E-state index >= 15 is 0 Å². The van der Waals surface area contributed by atoms with E-state index in [1.54, 1.807) is 24.0 Å². The molecule has 0 aromatic carbocycles. The Morgan fingerprint density at radius 1 is 1.59 bits per heavy atom. The highest BCUT2D eigenvalue weighted by atomic mass is 16.2. The molecular weight excluding hydrogens is 220 g/mol. The number of anilines is 1. The maximum absolute atomic E-state index is 11.5. The number of carbonyl (C=O) groups excluding carboxylic acids is 2. The Labute approximate surface area is 97.9 Å². The predicted molar refractivity (Wildman–Crippen MR) is 58.9 cm³/mol. The van der Waals surface area contributed by atoms with Crippen molar-refractivity contribution in [1.29, 1.82) is 5.26 Å². The third-order valence-corrected chi connectivity index (χ3v) is 2.61. The largest absolute Gasteiger partial charge is 0.350 e. The van der Waals surface area contributed by atoms with Crippen LogP contribution in [0.4, 0.5) is 5.69 Å². The van der Waals surface area contributed by atoms with E-state index in [4.69, 9.17) is 5.26 Å². The molecule has 1 unspecified atom stereocenters. The van der Waals surface area contributed by atoms with Crippen LogP contribution in [0.2, 0.25) is 0 Å². The minimum atomic E-state index is -0.443. The van der Waals surface area contributed by atoms with Gasteiger partial charge in [0.2, 0.25) is 11.8 Å². The SMILES string of the molecule is CC1C(=O)NC(=O)CN1c1ccnc(C#N)c1. The third-order valence-electron chi connectivity index (χ3n) is 2.61. The van der Waals surface area contributed by atoms with Gasteiger partial charge >= 0.3 is 0 Å². The molecule has 1 atom stereocenters. The summed E-state index contributed by atoms with van der Waals surface area (Å²) in [6.45, 7) is 1.80. The van der Waals surface area contributed by atoms with Crippen molar-refractivity contribution in [3.8, 4) is 6.07 Å². The molecule has 6 nitrogen and oxygen atoms in total. The fraction of sp³-hybridized carbons (Fsp3) is 0.273. The van der Waals surface area contributed by atoms with Crippen LogP contribution in [0.3, 0.4) is 0 Å². The van der Waals surface area contributed by atoms with Gasteiger partial charge in [-0.25, -0.2) is 4.98 Å². The van der Waals surface area contributed by atoms with Gasteiger partial charge in [0.05, 0.1) is 6.54 Å². The van der Waals surface area contributed by atoms with Crippen molar-refractivity contribution in [2.24, 2.45) is 0 Å². The molecule has 0 aliphatic carbocycles. The topological polar surface area (TPSA) is 86.1 Å². The molecule has 0 spiro atoms. The molecule has 1 aromatic heterocycles. The Balaban J connectivity index is 2.34. The van der Waals surface area contributed by atoms with Crippen molar-refractivity contribution in [3.05, 3.63) is 24.0 Å². The minimum absolute atomic E-state index is 0.0990. The quantitative estimate of drug-likeness (QED) is 0.675. The van der Waals surface area contributed by atoms with E-state index < -0.39 is 6.04 Å². The van der Waals surface area contributed by atoms with E-state index in [2.05, 4.69) is 10.3 Å². The highest BCUT2D eigenvalue weighted by molar-refractivity contribution is 6.04. The Kier molecular flexibility index (Phi) is 2.75. The van der Waals surface area contributed by atoms with Crippen molar-refractivity contribution in [1.82, 2.24) is 10.3 Å². The zero-order chi connectivity index (χ0) is 12.4. The summed E-state index contributed by atoms with van der Waals surface area (Å²) < 4.78 is 0. The van der Waals surface area contributed by atoms with Gasteiger partial charge in [-0.3, -0.25) is 14.9 Å². The molecule has 1 aliphatic heterocycles. The van der Waals surface area contributed by atoms with Crippen LogP contribution in [0.5, 0.6) is 0 Å². The molecule has 1 aliphatic rings. The van der Waals surface area contributed by atoms with Crippen molar-refractivity contribution in [3.63, 3.8) is 0 Å². The summed E-state index contributed by atoms with van der Waals surface area (Å²) in [6.07, 6.45) is 1.48. The van der Waals surface area contributed by atoms with Crippen LogP contribution >= 0.6 is 0 Å². The highest BCUT2D eigenvalue weighted by Gasteiger charge is 2.30. The van der Waals surface area contributed by atoms with Gasteiger partial charge in [0.15, 0.2) is 0 Å². The second kappa shape index (κ2) is 4.22. The minimum Gasteiger partial charge on any atom is -0.350 e. The van der Waals surface area contributed by atoms with E-state index in [0.717, 1.165) is 0 Å². The summed E-state index contributed by atoms with van der Waals surface area (Å²) in [5.74, 6) is -0.681. The molecule has 0 bridgehead atoms. The van der Waals surface area contributed by atoms with Crippen LogP contribution < -0.4 is 10.2 Å². The predicted octanol–water partition coefficient (Wildman–Crippen LogP) is -0.195. The first-order chi connectivity index (χ1) is 8.11. The molecule has 0 saturated carbocycles. The zero-order valence-electron chi connectivity index (χ0n) is 9.17. The summed E-state index contributed by atoms with van der Waals surface area (Å²) in [5, 5.41) is 11.0. The average molecular weight is 230 g/mol. The number of nitrogens with zero attached hydrogens (tertiary/aromatic N) is 3. The number of hydrogen-bond donors (Lipinski definition) is 1. The Bertz CT molecular complexity index is 520. The third kappa shape index (κ3) is 2.08. The van der Waals surface area contributed by atoms with Crippen molar-refractivity contribution in [2.75, 3.05) is 11.4 Å². The second-order valence-corrected chi connectivity index (χ2v) is 3.73. The van der Waals surface area contributed by atoms with Crippen LogP contribution in [0.1, 0.15) is 12.6 Å². The molecule has 2 heterocycles. The van der Waals surface area contributed by atoms with Gasteiger partial charge in [-0.2, -0.15) is 5.26 Å². The van der Waals surface area contributed by atoms with E-state index in [1.165, 1.54) is 6.20 Å². The summed E-state index contributed by atoms with van der Waals surface area (Å²) in [7, 11) is 0. The molecule has 2 amide bonds. The van der Waals surface area contributed by atoms with E-state index in [-0.39, 0.29) is 24.1 Å². The molecule has 1 aromatic rings. The number of aromatic nitrogens is 1. The summed E-state index contributed by atoms with van der Waals surface area (Å²) in [6, 6.07) is 4.71. The highest BCUT2D eigenvalue weighted by Crippen LogP contribution is 2.18. The van der Waals surface area contributed by atoms with Crippen LogP contribution in [0, 0.1) is 11.3 Å². The first-order valence-electron chi connectivity index (χ1n) is 5.08. The van der Waals surface area contributed by atoms with E-state index in [9.17, 15) is 9.59 Å². The number of nitrogens with one attached hydrogen (secondary N) is 1. The number of amides is 2. The van der Waals surface area contributed by atoms with Gasteiger partial charge in [0, 0.05) is 11.9 Å². The standard InChI is InChI=1S/C11H10N4O2/c1-7-11(17)14-10(16)6-15(7)9-2-3-13-8(4-9)5-12/h2-4,7H,6H2,1H3,(H,14,16,17). The molecule has 17 heavy (non-hydrogen) atoms. The molecule has 1 saturated heterocycles. The normalized spacial score (nSPS) is 19.8. The fourth-order valence-corrected chi connectivity index (χ4v) is 1.69. The average Bonchev–Trinajstić information content (AvgIpc) is 2.34. The lowest BCUT2D eigenvalue weighted by Crippen LogP contribution is -2.57. The maximum Gasteiger partial charge on any atom is 0.249 e. The van der Waals surface area contributed by atoms with Crippen LogP contribution in [-0.4, -0.2) is 29.4 Å². The first-order valence-corrected chi connectivity index (χ1v) is 5.08. The fourth-order valence-electron chi connectivity index (χ4n) is 1.69. The number of rotatable bonds is 1. The Morgan fingerprint density at radius 3 is 3.06 bits per heavy atom. The van der Waals surface area contributed by atoms with Crippen LogP contribution in [-0.2, 0) is 9.59 Å². The Hall–Kier alpha value is -2.42. The van der Waals surface area contributed by atoms with Gasteiger partial charge in [-0.1, -0.05) is 0 Å². The molecule has 1 N–H and O–H groups in total. The van der Waals surface area contributed by atoms with Gasteiger partial charge in [-0.15, -0.1) is 0 Å². The van der Waals surface area contributed by atoms with Crippen LogP contribution in [0.25, 0.3) is 0 Å². The summed E-state index contributed by atoms with van der Waals surface area (Å²) in [4.78, 5) is 28.3. The number of imide groups is 1. The molecule has 1 fully saturated rings. The zero-order valence-corrected chi connectivity index (χ0v) is 9.17. The number of pyridine rings is 1. The lowest BCUT2D eigenvalue weighted by molar-refractivity contribution is -0.132. The summed E-state index contributed by atoms with van der Waals surface area (Å²) in [5.41, 5.74) is 0.903. The lowest BCUT2D eigenvalue weighted by atomic mass is 10.1. The van der Waals surface area contributed by atoms with Crippen molar-refractivity contribution in [2.45, 2.75) is 13.0 Å². The van der Waals surface area contributed by atoms with Gasteiger partial charge in [0.1, 0.15) is 17.8 Å². The van der Waals surface area contributed by atoms with E-state index in [0.29, 0.717) is 5.69 Å². The van der Waals surface area contributed by atoms with Gasteiger partial charge in [-0.05, 0) is 19.1 Å². The summed E-state index contributed by atoms with van der Waals surface area (Å²) >= 11 is 0. The second-order valence-electron chi connectivity index (χ2n) is 3.73. The molecule has 2 rings (SSSR count). The Morgan fingerprint density at radius 2 is 2.35 bits per heavy atom. The van der Waals surface area contributed by atoms with Crippen molar-refractivity contribution < 1.29 is 9.59 Å². The van der Waals surface area contributed by atoms with Crippen LogP contribution in [0.15, 0.2) is 18.3 Å².